The minimum absolute atomic E-state index is 0.232. The molecule has 4 N–H and O–H groups in total. The Bertz CT molecular complexity index is 1270. The van der Waals surface area contributed by atoms with E-state index in [9.17, 15) is 4.79 Å². The van der Waals surface area contributed by atoms with Gasteiger partial charge in [0, 0.05) is 61.9 Å². The third-order valence-corrected chi connectivity index (χ3v) is 6.59. The lowest BCUT2D eigenvalue weighted by Gasteiger charge is -2.30. The minimum Gasteiger partial charge on any atom is -0.494 e. The Kier molecular flexibility index (Phi) is 7.51. The number of hydrogen-bond acceptors (Lipinski definition) is 8. The van der Waals surface area contributed by atoms with Crippen molar-refractivity contribution in [3.63, 3.8) is 0 Å². The SMILES string of the molecule is C=CC(=O)Nc1cccc(CNc2nc(Nc3ccc(N4CCNCC4)cc3OC)ncc2C2CC2)c1. The first-order valence-corrected chi connectivity index (χ1v) is 12.7. The lowest BCUT2D eigenvalue weighted by molar-refractivity contribution is -0.111. The van der Waals surface area contributed by atoms with Crippen molar-refractivity contribution < 1.29 is 9.53 Å². The van der Waals surface area contributed by atoms with Crippen LogP contribution >= 0.6 is 0 Å². The Morgan fingerprint density at radius 1 is 1.22 bits per heavy atom. The molecule has 1 aromatic heterocycles. The third kappa shape index (κ3) is 6.18. The van der Waals surface area contributed by atoms with Gasteiger partial charge in [0.2, 0.25) is 11.9 Å². The second kappa shape index (κ2) is 11.3. The quantitative estimate of drug-likeness (QED) is 0.307. The number of nitrogens with one attached hydrogen (secondary N) is 4. The summed E-state index contributed by atoms with van der Waals surface area (Å²) in [6.45, 7) is 7.97. The Balaban J connectivity index is 1.32. The predicted molar refractivity (Wildman–Crippen MR) is 148 cm³/mol. The van der Waals surface area contributed by atoms with Gasteiger partial charge in [-0.25, -0.2) is 4.98 Å². The molecule has 1 aliphatic heterocycles. The Labute approximate surface area is 217 Å². The van der Waals surface area contributed by atoms with E-state index >= 15 is 0 Å². The van der Waals surface area contributed by atoms with E-state index < -0.39 is 0 Å². The summed E-state index contributed by atoms with van der Waals surface area (Å²) in [6.07, 6.45) is 5.47. The number of piperazine rings is 1. The summed E-state index contributed by atoms with van der Waals surface area (Å²) in [4.78, 5) is 23.4. The van der Waals surface area contributed by atoms with Gasteiger partial charge >= 0.3 is 0 Å². The van der Waals surface area contributed by atoms with Crippen molar-refractivity contribution in [2.75, 3.05) is 54.1 Å². The van der Waals surface area contributed by atoms with Gasteiger partial charge in [0.15, 0.2) is 0 Å². The van der Waals surface area contributed by atoms with Crippen LogP contribution in [0.15, 0.2) is 61.3 Å². The van der Waals surface area contributed by atoms with Crippen LogP contribution in [0.5, 0.6) is 5.75 Å². The van der Waals surface area contributed by atoms with Gasteiger partial charge < -0.3 is 30.9 Å². The van der Waals surface area contributed by atoms with Crippen LogP contribution in [-0.2, 0) is 11.3 Å². The van der Waals surface area contributed by atoms with Crippen molar-refractivity contribution in [1.29, 1.82) is 0 Å². The van der Waals surface area contributed by atoms with E-state index in [1.807, 2.05) is 36.5 Å². The second-order valence-electron chi connectivity index (χ2n) is 9.27. The fourth-order valence-electron chi connectivity index (χ4n) is 4.45. The molecule has 2 aliphatic rings. The molecule has 2 fully saturated rings. The standard InChI is InChI=1S/C28H33N7O2/c1-3-26(36)32-21-6-4-5-19(15-21)17-30-27-23(20-7-8-20)18-31-28(34-27)33-24-10-9-22(16-25(24)37-2)35-13-11-29-12-14-35/h3-6,9-10,15-16,18,20,29H,1,7-8,11-14,17H2,2H3,(H,32,36)(H2,30,31,33,34). The number of aromatic nitrogens is 2. The lowest BCUT2D eigenvalue weighted by Crippen LogP contribution is -2.43. The summed E-state index contributed by atoms with van der Waals surface area (Å²) >= 11 is 0. The zero-order valence-electron chi connectivity index (χ0n) is 21.1. The highest BCUT2D eigenvalue weighted by Crippen LogP contribution is 2.43. The van der Waals surface area contributed by atoms with Crippen LogP contribution in [0.25, 0.3) is 0 Å². The normalized spacial score (nSPS) is 15.1. The van der Waals surface area contributed by atoms with Crippen molar-refractivity contribution in [2.45, 2.75) is 25.3 Å². The molecule has 0 bridgehead atoms. The molecular formula is C28H33N7O2. The van der Waals surface area contributed by atoms with Gasteiger partial charge in [0.1, 0.15) is 11.6 Å². The maximum absolute atomic E-state index is 11.6. The fourth-order valence-corrected chi connectivity index (χ4v) is 4.45. The summed E-state index contributed by atoms with van der Waals surface area (Å²) in [5.74, 6) is 2.33. The van der Waals surface area contributed by atoms with Crippen LogP contribution in [-0.4, -0.2) is 49.2 Å². The molecule has 2 aromatic carbocycles. The number of hydrogen-bond donors (Lipinski definition) is 4. The highest BCUT2D eigenvalue weighted by atomic mass is 16.5. The van der Waals surface area contributed by atoms with E-state index in [-0.39, 0.29) is 5.91 Å². The molecule has 192 valence electrons. The second-order valence-corrected chi connectivity index (χ2v) is 9.27. The molecule has 37 heavy (non-hydrogen) atoms. The first-order valence-electron chi connectivity index (χ1n) is 12.7. The number of anilines is 5. The van der Waals surface area contributed by atoms with Gasteiger partial charge in [-0.05, 0) is 54.7 Å². The molecular weight excluding hydrogens is 466 g/mol. The molecule has 5 rings (SSSR count). The summed E-state index contributed by atoms with van der Waals surface area (Å²) in [5, 5.41) is 13.0. The first-order chi connectivity index (χ1) is 18.1. The lowest BCUT2D eigenvalue weighted by atomic mass is 10.1. The van der Waals surface area contributed by atoms with Crippen LogP contribution < -0.4 is 30.9 Å². The minimum atomic E-state index is -0.232. The largest absolute Gasteiger partial charge is 0.494 e. The number of ether oxygens (including phenoxy) is 1. The summed E-state index contributed by atoms with van der Waals surface area (Å²) in [5.41, 5.74) is 4.84. The molecule has 1 saturated carbocycles. The molecule has 0 unspecified atom stereocenters. The number of carbonyl (C=O) groups is 1. The van der Waals surface area contributed by atoms with E-state index in [0.29, 0.717) is 18.4 Å². The number of nitrogens with zero attached hydrogens (tertiary/aromatic N) is 3. The Hall–Kier alpha value is -4.11. The predicted octanol–water partition coefficient (Wildman–Crippen LogP) is 4.25. The maximum atomic E-state index is 11.6. The Morgan fingerprint density at radius 3 is 2.81 bits per heavy atom. The van der Waals surface area contributed by atoms with Gasteiger partial charge in [-0.2, -0.15) is 4.98 Å². The van der Waals surface area contributed by atoms with Crippen molar-refractivity contribution in [1.82, 2.24) is 15.3 Å². The molecule has 3 aromatic rings. The molecule has 1 amide bonds. The van der Waals surface area contributed by atoms with Crippen LogP contribution in [0.1, 0.15) is 29.9 Å². The molecule has 1 saturated heterocycles. The van der Waals surface area contributed by atoms with Gasteiger partial charge in [0.25, 0.3) is 0 Å². The smallest absolute Gasteiger partial charge is 0.247 e. The van der Waals surface area contributed by atoms with Gasteiger partial charge in [-0.15, -0.1) is 0 Å². The highest BCUT2D eigenvalue weighted by Gasteiger charge is 2.27. The molecule has 0 atom stereocenters. The summed E-state index contributed by atoms with van der Waals surface area (Å²) < 4.78 is 5.69. The van der Waals surface area contributed by atoms with Crippen LogP contribution in [0.4, 0.5) is 28.8 Å². The summed E-state index contributed by atoms with van der Waals surface area (Å²) in [6, 6.07) is 13.9. The van der Waals surface area contributed by atoms with E-state index in [2.05, 4.69) is 49.9 Å². The monoisotopic (exact) mass is 499 g/mol. The number of benzene rings is 2. The van der Waals surface area contributed by atoms with Crippen molar-refractivity contribution in [2.24, 2.45) is 0 Å². The number of rotatable bonds is 10. The average Bonchev–Trinajstić information content (AvgIpc) is 3.78. The molecule has 9 nitrogen and oxygen atoms in total. The van der Waals surface area contributed by atoms with Crippen molar-refractivity contribution >= 4 is 34.7 Å². The first kappa shape index (κ1) is 24.6. The number of amides is 1. The van der Waals surface area contributed by atoms with Crippen LogP contribution in [0, 0.1) is 0 Å². The number of methoxy groups -OCH3 is 1. The van der Waals surface area contributed by atoms with Gasteiger partial charge in [-0.3, -0.25) is 4.79 Å². The fraction of sp³-hybridized carbons (Fsp3) is 0.321. The van der Waals surface area contributed by atoms with Gasteiger partial charge in [-0.1, -0.05) is 18.7 Å². The average molecular weight is 500 g/mol. The summed E-state index contributed by atoms with van der Waals surface area (Å²) in [7, 11) is 1.68. The van der Waals surface area contributed by atoms with Crippen LogP contribution in [0.2, 0.25) is 0 Å². The maximum Gasteiger partial charge on any atom is 0.247 e. The van der Waals surface area contributed by atoms with Gasteiger partial charge in [0.05, 0.1) is 12.8 Å². The van der Waals surface area contributed by atoms with E-state index in [4.69, 9.17) is 9.72 Å². The molecule has 0 spiro atoms. The van der Waals surface area contributed by atoms with E-state index in [1.165, 1.54) is 6.08 Å². The van der Waals surface area contributed by atoms with Crippen molar-refractivity contribution in [3.05, 3.63) is 72.4 Å². The third-order valence-electron chi connectivity index (χ3n) is 6.59. The molecule has 2 heterocycles. The van der Waals surface area contributed by atoms with Crippen molar-refractivity contribution in [3.8, 4) is 5.75 Å². The number of carbonyl (C=O) groups excluding carboxylic acids is 1. The van der Waals surface area contributed by atoms with E-state index in [0.717, 1.165) is 78.8 Å². The zero-order chi connectivity index (χ0) is 25.6. The Morgan fingerprint density at radius 2 is 2.05 bits per heavy atom. The zero-order valence-corrected chi connectivity index (χ0v) is 21.1. The molecule has 1 aliphatic carbocycles. The van der Waals surface area contributed by atoms with Crippen LogP contribution in [0.3, 0.4) is 0 Å². The highest BCUT2D eigenvalue weighted by molar-refractivity contribution is 5.98. The molecule has 0 radical (unpaired) electrons. The van der Waals surface area contributed by atoms with E-state index in [1.54, 1.807) is 7.11 Å². The topological polar surface area (TPSA) is 103 Å². The molecule has 9 heteroatoms.